The number of piperidine rings is 1. The maximum Gasteiger partial charge on any atom is 0.243 e. The smallest absolute Gasteiger partial charge is 0.243 e. The molecule has 9 heteroatoms. The summed E-state index contributed by atoms with van der Waals surface area (Å²) in [6, 6.07) is 13.2. The zero-order valence-corrected chi connectivity index (χ0v) is 20.0. The number of benzene rings is 2. The Morgan fingerprint density at radius 2 is 1.59 bits per heavy atom. The van der Waals surface area contributed by atoms with Crippen LogP contribution in [-0.4, -0.2) is 45.9 Å². The van der Waals surface area contributed by atoms with Crippen LogP contribution in [0.25, 0.3) is 0 Å². The molecule has 0 N–H and O–H groups in total. The van der Waals surface area contributed by atoms with E-state index in [9.17, 15) is 21.6 Å². The number of hydrogen-bond acceptors (Lipinski definition) is 5. The minimum atomic E-state index is -3.72. The fourth-order valence-electron chi connectivity index (χ4n) is 4.75. The van der Waals surface area contributed by atoms with E-state index in [-0.39, 0.29) is 22.8 Å². The lowest BCUT2D eigenvalue weighted by Gasteiger charge is -2.32. The molecule has 1 amide bonds. The van der Waals surface area contributed by atoms with E-state index in [2.05, 4.69) is 12.1 Å². The second-order valence-corrected chi connectivity index (χ2v) is 12.5. The summed E-state index contributed by atoms with van der Waals surface area (Å²) in [5, 5.41) is 0. The predicted molar refractivity (Wildman–Crippen MR) is 123 cm³/mol. The third-order valence-electron chi connectivity index (χ3n) is 6.30. The van der Waals surface area contributed by atoms with Crippen LogP contribution in [0.2, 0.25) is 0 Å². The molecule has 7 nitrogen and oxygen atoms in total. The van der Waals surface area contributed by atoms with Crippen LogP contribution in [0.3, 0.4) is 0 Å². The standard InChI is InChI=1S/C23H28N2O5S2/c1-17-14-21(25-22(26)10-13-31(25,27)28)15-18(2)23(17)32(29,30)24-11-8-20(9-12-24)16-19-6-4-3-5-7-19/h3-7,14-15,20H,8-13,16H2,1-2H3. The third-order valence-corrected chi connectivity index (χ3v) is 10.2. The van der Waals surface area contributed by atoms with Crippen molar-refractivity contribution >= 4 is 31.6 Å². The Balaban J connectivity index is 1.54. The number of carbonyl (C=O) groups is 1. The van der Waals surface area contributed by atoms with E-state index >= 15 is 0 Å². The Bertz CT molecular complexity index is 1210. The lowest BCUT2D eigenvalue weighted by molar-refractivity contribution is -0.116. The Morgan fingerprint density at radius 3 is 2.12 bits per heavy atom. The molecule has 0 saturated carbocycles. The van der Waals surface area contributed by atoms with Gasteiger partial charge in [-0.15, -0.1) is 0 Å². The molecule has 2 aliphatic heterocycles. The highest BCUT2D eigenvalue weighted by Crippen LogP contribution is 2.34. The molecule has 0 radical (unpaired) electrons. The van der Waals surface area contributed by atoms with Crippen LogP contribution in [0.4, 0.5) is 5.69 Å². The van der Waals surface area contributed by atoms with Crippen molar-refractivity contribution in [3.8, 4) is 0 Å². The summed E-state index contributed by atoms with van der Waals surface area (Å²) in [7, 11) is -7.42. The zero-order chi connectivity index (χ0) is 23.1. The monoisotopic (exact) mass is 476 g/mol. The number of carbonyl (C=O) groups excluding carboxylic acids is 1. The van der Waals surface area contributed by atoms with E-state index < -0.39 is 26.0 Å². The third kappa shape index (κ3) is 4.33. The number of amides is 1. The Kier molecular flexibility index (Phi) is 6.17. The van der Waals surface area contributed by atoms with Gasteiger partial charge in [0.05, 0.1) is 16.3 Å². The van der Waals surface area contributed by atoms with Gasteiger partial charge >= 0.3 is 0 Å². The van der Waals surface area contributed by atoms with Gasteiger partial charge in [0.2, 0.25) is 26.0 Å². The van der Waals surface area contributed by atoms with Crippen molar-refractivity contribution in [3.63, 3.8) is 0 Å². The summed E-state index contributed by atoms with van der Waals surface area (Å²) < 4.78 is 53.8. The fourth-order valence-corrected chi connectivity index (χ4v) is 8.08. The number of sulfonamides is 2. The van der Waals surface area contributed by atoms with Crippen molar-refractivity contribution in [2.75, 3.05) is 23.1 Å². The SMILES string of the molecule is Cc1cc(N2C(=O)CCS2(=O)=O)cc(C)c1S(=O)(=O)N1CCC(Cc2ccccc2)CC1. The van der Waals surface area contributed by atoms with Gasteiger partial charge in [-0.2, -0.15) is 4.31 Å². The second kappa shape index (κ2) is 8.61. The highest BCUT2D eigenvalue weighted by Gasteiger charge is 2.38. The minimum absolute atomic E-state index is 0.0571. The van der Waals surface area contributed by atoms with Crippen molar-refractivity contribution in [2.24, 2.45) is 5.92 Å². The molecule has 2 saturated heterocycles. The summed E-state index contributed by atoms with van der Waals surface area (Å²) >= 11 is 0. The van der Waals surface area contributed by atoms with Crippen molar-refractivity contribution in [1.29, 1.82) is 0 Å². The van der Waals surface area contributed by atoms with E-state index in [1.54, 1.807) is 13.8 Å². The van der Waals surface area contributed by atoms with E-state index in [1.807, 2.05) is 18.2 Å². The number of rotatable bonds is 5. The number of anilines is 1. The molecule has 2 aromatic carbocycles. The van der Waals surface area contributed by atoms with Crippen molar-refractivity contribution in [1.82, 2.24) is 4.31 Å². The highest BCUT2D eigenvalue weighted by molar-refractivity contribution is 7.94. The van der Waals surface area contributed by atoms with Gasteiger partial charge in [0.1, 0.15) is 0 Å². The molecular weight excluding hydrogens is 448 g/mol. The molecular formula is C23H28N2O5S2. The molecule has 32 heavy (non-hydrogen) atoms. The van der Waals surface area contributed by atoms with Crippen LogP contribution in [0, 0.1) is 19.8 Å². The summed E-state index contributed by atoms with van der Waals surface area (Å²) in [5.74, 6) is -0.262. The van der Waals surface area contributed by atoms with Gasteiger partial charge in [0, 0.05) is 19.5 Å². The summed E-state index contributed by atoms with van der Waals surface area (Å²) in [4.78, 5) is 12.3. The van der Waals surface area contributed by atoms with E-state index in [0.717, 1.165) is 23.6 Å². The maximum atomic E-state index is 13.4. The normalized spacial score (nSPS) is 20.1. The number of hydrogen-bond donors (Lipinski definition) is 0. The lowest BCUT2D eigenvalue weighted by Crippen LogP contribution is -2.39. The summed E-state index contributed by atoms with van der Waals surface area (Å²) in [6.07, 6.45) is 2.48. The maximum absolute atomic E-state index is 13.4. The molecule has 0 atom stereocenters. The van der Waals surface area contributed by atoms with Crippen LogP contribution in [-0.2, 0) is 31.3 Å². The quantitative estimate of drug-likeness (QED) is 0.662. The molecule has 4 rings (SSSR count). The van der Waals surface area contributed by atoms with E-state index in [4.69, 9.17) is 0 Å². The van der Waals surface area contributed by atoms with Crippen LogP contribution in [0.15, 0.2) is 47.4 Å². The molecule has 172 valence electrons. The zero-order valence-electron chi connectivity index (χ0n) is 18.3. The lowest BCUT2D eigenvalue weighted by atomic mass is 9.91. The van der Waals surface area contributed by atoms with Gasteiger partial charge in [0.25, 0.3) is 0 Å². The van der Waals surface area contributed by atoms with Crippen molar-refractivity contribution in [2.45, 2.75) is 44.4 Å². The van der Waals surface area contributed by atoms with Gasteiger partial charge in [-0.3, -0.25) is 4.79 Å². The first kappa shape index (κ1) is 22.9. The number of nitrogens with zero attached hydrogens (tertiary/aromatic N) is 2. The molecule has 0 spiro atoms. The first-order valence-corrected chi connectivity index (χ1v) is 13.9. The van der Waals surface area contributed by atoms with Gasteiger partial charge in [0.15, 0.2) is 0 Å². The number of aryl methyl sites for hydroxylation is 2. The van der Waals surface area contributed by atoms with E-state index in [0.29, 0.717) is 30.1 Å². The average molecular weight is 477 g/mol. The molecule has 2 fully saturated rings. The largest absolute Gasteiger partial charge is 0.273 e. The fraction of sp³-hybridized carbons (Fsp3) is 0.435. The Morgan fingerprint density at radius 1 is 1.00 bits per heavy atom. The van der Waals surface area contributed by atoms with Crippen LogP contribution >= 0.6 is 0 Å². The first-order valence-electron chi connectivity index (χ1n) is 10.8. The molecule has 2 aromatic rings. The second-order valence-electron chi connectivity index (χ2n) is 8.67. The Labute approximate surface area is 190 Å². The summed E-state index contributed by atoms with van der Waals surface area (Å²) in [5.41, 5.74) is 2.37. The molecule has 2 aliphatic rings. The van der Waals surface area contributed by atoms with Gasteiger partial charge in [-0.1, -0.05) is 30.3 Å². The molecule has 0 aliphatic carbocycles. The molecule has 2 heterocycles. The molecule has 0 bridgehead atoms. The first-order chi connectivity index (χ1) is 15.1. The van der Waals surface area contributed by atoms with Crippen molar-refractivity contribution in [3.05, 3.63) is 59.2 Å². The van der Waals surface area contributed by atoms with E-state index in [1.165, 1.54) is 22.0 Å². The molecule has 0 unspecified atom stereocenters. The molecule has 0 aromatic heterocycles. The topological polar surface area (TPSA) is 91.8 Å². The average Bonchev–Trinajstić information content (AvgIpc) is 3.00. The summed E-state index contributed by atoms with van der Waals surface area (Å²) in [6.45, 7) is 4.22. The highest BCUT2D eigenvalue weighted by atomic mass is 32.2. The van der Waals surface area contributed by atoms with Crippen LogP contribution in [0.1, 0.15) is 36.0 Å². The minimum Gasteiger partial charge on any atom is -0.273 e. The van der Waals surface area contributed by atoms with Crippen LogP contribution in [0.5, 0.6) is 0 Å². The Hall–Kier alpha value is -2.23. The van der Waals surface area contributed by atoms with Gasteiger partial charge in [-0.05, 0) is 67.9 Å². The van der Waals surface area contributed by atoms with Crippen LogP contribution < -0.4 is 4.31 Å². The van der Waals surface area contributed by atoms with Gasteiger partial charge in [-0.25, -0.2) is 21.1 Å². The predicted octanol–water partition coefficient (Wildman–Crippen LogP) is 3.01. The van der Waals surface area contributed by atoms with Crippen molar-refractivity contribution < 1.29 is 21.6 Å². The van der Waals surface area contributed by atoms with Gasteiger partial charge < -0.3 is 0 Å².